The average molecular weight is 405 g/mol. The highest BCUT2D eigenvalue weighted by Gasteiger charge is 2.30. The molecule has 0 spiro atoms. The quantitative estimate of drug-likeness (QED) is 0.148. The molecule has 1 atom stereocenters. The van der Waals surface area contributed by atoms with Crippen LogP contribution in [0.1, 0.15) is 88.4 Å². The van der Waals surface area contributed by atoms with Crippen molar-refractivity contribution in [2.45, 2.75) is 84.2 Å². The van der Waals surface area contributed by atoms with E-state index in [-0.39, 0.29) is 5.56 Å². The van der Waals surface area contributed by atoms with E-state index in [4.69, 9.17) is 10.5 Å². The predicted molar refractivity (Wildman–Crippen MR) is 116 cm³/mol. The molecule has 0 heterocycles. The zero-order valence-electron chi connectivity index (χ0n) is 17.9. The van der Waals surface area contributed by atoms with Gasteiger partial charge in [-0.1, -0.05) is 76.8 Å². The number of ketones is 1. The number of carbonyl (C=O) groups is 3. The van der Waals surface area contributed by atoms with Crippen molar-refractivity contribution in [1.29, 1.82) is 0 Å². The Morgan fingerprint density at radius 1 is 0.966 bits per heavy atom. The van der Waals surface area contributed by atoms with Crippen molar-refractivity contribution in [2.24, 2.45) is 0 Å². The van der Waals surface area contributed by atoms with Crippen LogP contribution in [0, 0.1) is 0 Å². The standard InChI is InChI=1S/C23H36N2O4/c1-3-4-5-6-7-8-9-10-11-12-16-25-23(28)22(29-18(2)26)21(27)19-14-13-15-20(24)17-19/h13-15,17,22H,3-12,16,24H2,1-2H3,(H,25,28). The molecular formula is C23H36N2O4. The van der Waals surface area contributed by atoms with Crippen molar-refractivity contribution in [3.63, 3.8) is 0 Å². The molecule has 1 amide bonds. The highest BCUT2D eigenvalue weighted by Crippen LogP contribution is 2.12. The molecule has 0 bridgehead atoms. The molecule has 1 unspecified atom stereocenters. The number of amides is 1. The van der Waals surface area contributed by atoms with Crippen LogP contribution in [0.2, 0.25) is 0 Å². The Morgan fingerprint density at radius 2 is 1.55 bits per heavy atom. The van der Waals surface area contributed by atoms with Gasteiger partial charge in [0, 0.05) is 24.7 Å². The Morgan fingerprint density at radius 3 is 2.10 bits per heavy atom. The second-order valence-electron chi connectivity index (χ2n) is 7.45. The third-order valence-electron chi connectivity index (χ3n) is 4.76. The Bertz CT molecular complexity index is 646. The Hall–Kier alpha value is -2.37. The maximum absolute atomic E-state index is 12.6. The van der Waals surface area contributed by atoms with Gasteiger partial charge >= 0.3 is 5.97 Å². The lowest BCUT2D eigenvalue weighted by molar-refractivity contribution is -0.151. The van der Waals surface area contributed by atoms with Crippen LogP contribution in [0.4, 0.5) is 5.69 Å². The third kappa shape index (κ3) is 10.7. The Labute approximate surface area is 174 Å². The number of benzene rings is 1. The number of nitrogens with two attached hydrogens (primary N) is 1. The SMILES string of the molecule is CCCCCCCCCCCCNC(=O)C(OC(C)=O)C(=O)c1cccc(N)c1. The van der Waals surface area contributed by atoms with Gasteiger partial charge in [-0.3, -0.25) is 14.4 Å². The highest BCUT2D eigenvalue weighted by atomic mass is 16.5. The third-order valence-corrected chi connectivity index (χ3v) is 4.76. The lowest BCUT2D eigenvalue weighted by Crippen LogP contribution is -2.43. The Balaban J connectivity index is 2.33. The number of anilines is 1. The van der Waals surface area contributed by atoms with Gasteiger partial charge in [0.15, 0.2) is 0 Å². The molecule has 0 aliphatic rings. The van der Waals surface area contributed by atoms with E-state index in [2.05, 4.69) is 12.2 Å². The van der Waals surface area contributed by atoms with Crippen molar-refractivity contribution in [2.75, 3.05) is 12.3 Å². The molecule has 1 rings (SSSR count). The second-order valence-corrected chi connectivity index (χ2v) is 7.45. The molecule has 0 aliphatic heterocycles. The van der Waals surface area contributed by atoms with Gasteiger partial charge in [-0.2, -0.15) is 0 Å². The number of unbranched alkanes of at least 4 members (excludes halogenated alkanes) is 9. The first-order chi connectivity index (χ1) is 14.0. The van der Waals surface area contributed by atoms with Crippen LogP contribution in [0.3, 0.4) is 0 Å². The molecule has 29 heavy (non-hydrogen) atoms. The van der Waals surface area contributed by atoms with Crippen LogP contribution in [0.15, 0.2) is 24.3 Å². The molecule has 6 heteroatoms. The first-order valence-corrected chi connectivity index (χ1v) is 10.8. The number of carbonyl (C=O) groups excluding carboxylic acids is 3. The van der Waals surface area contributed by atoms with Crippen molar-refractivity contribution < 1.29 is 19.1 Å². The molecule has 0 aromatic heterocycles. The van der Waals surface area contributed by atoms with Gasteiger partial charge in [0.1, 0.15) is 0 Å². The fourth-order valence-electron chi connectivity index (χ4n) is 3.15. The van der Waals surface area contributed by atoms with Crippen molar-refractivity contribution >= 4 is 23.3 Å². The van der Waals surface area contributed by atoms with Gasteiger partial charge in [0.2, 0.25) is 11.9 Å². The van der Waals surface area contributed by atoms with Crippen LogP contribution in [-0.4, -0.2) is 30.3 Å². The summed E-state index contributed by atoms with van der Waals surface area (Å²) in [6, 6.07) is 6.27. The molecule has 0 aliphatic carbocycles. The number of nitrogens with one attached hydrogen (secondary N) is 1. The second kappa shape index (κ2) is 14.6. The number of nitrogen functional groups attached to an aromatic ring is 1. The molecule has 162 valence electrons. The number of hydrogen-bond acceptors (Lipinski definition) is 5. The summed E-state index contributed by atoms with van der Waals surface area (Å²) in [4.78, 5) is 36.3. The summed E-state index contributed by atoms with van der Waals surface area (Å²) in [6.45, 7) is 3.85. The first kappa shape index (κ1) is 24.7. The zero-order chi connectivity index (χ0) is 21.5. The smallest absolute Gasteiger partial charge is 0.303 e. The summed E-state index contributed by atoms with van der Waals surface area (Å²) in [5.41, 5.74) is 6.34. The summed E-state index contributed by atoms with van der Waals surface area (Å²) >= 11 is 0. The van der Waals surface area contributed by atoms with Crippen LogP contribution < -0.4 is 11.1 Å². The molecular weight excluding hydrogens is 368 g/mol. The number of hydrogen-bond donors (Lipinski definition) is 2. The molecule has 1 aromatic carbocycles. The lowest BCUT2D eigenvalue weighted by Gasteiger charge is -2.16. The molecule has 0 radical (unpaired) electrons. The van der Waals surface area contributed by atoms with E-state index in [1.165, 1.54) is 57.9 Å². The lowest BCUT2D eigenvalue weighted by atomic mass is 10.0. The summed E-state index contributed by atoms with van der Waals surface area (Å²) in [7, 11) is 0. The average Bonchev–Trinajstić information content (AvgIpc) is 2.69. The van der Waals surface area contributed by atoms with E-state index in [1.54, 1.807) is 18.2 Å². The number of ether oxygens (including phenoxy) is 1. The van der Waals surface area contributed by atoms with E-state index in [1.807, 2.05) is 0 Å². The van der Waals surface area contributed by atoms with Gasteiger partial charge in [0.25, 0.3) is 5.91 Å². The largest absolute Gasteiger partial charge is 0.444 e. The van der Waals surface area contributed by atoms with Gasteiger partial charge < -0.3 is 15.8 Å². The summed E-state index contributed by atoms with van der Waals surface area (Å²) in [5.74, 6) is -1.85. The van der Waals surface area contributed by atoms with Crippen molar-refractivity contribution in [3.05, 3.63) is 29.8 Å². The monoisotopic (exact) mass is 404 g/mol. The van der Waals surface area contributed by atoms with Gasteiger partial charge in [-0.15, -0.1) is 0 Å². The van der Waals surface area contributed by atoms with E-state index >= 15 is 0 Å². The normalized spacial score (nSPS) is 11.7. The minimum atomic E-state index is -1.49. The molecule has 0 fully saturated rings. The minimum Gasteiger partial charge on any atom is -0.444 e. The van der Waals surface area contributed by atoms with Crippen molar-refractivity contribution in [1.82, 2.24) is 5.32 Å². The van der Waals surface area contributed by atoms with Gasteiger partial charge in [0.05, 0.1) is 0 Å². The van der Waals surface area contributed by atoms with Crippen molar-refractivity contribution in [3.8, 4) is 0 Å². The topological polar surface area (TPSA) is 98.5 Å². The minimum absolute atomic E-state index is 0.241. The molecule has 1 aromatic rings. The maximum atomic E-state index is 12.6. The van der Waals surface area contributed by atoms with E-state index < -0.39 is 23.8 Å². The molecule has 3 N–H and O–H groups in total. The van der Waals surface area contributed by atoms with Gasteiger partial charge in [-0.05, 0) is 18.6 Å². The van der Waals surface area contributed by atoms with E-state index in [0.717, 1.165) is 19.3 Å². The van der Waals surface area contributed by atoms with Gasteiger partial charge in [-0.25, -0.2) is 0 Å². The molecule has 6 nitrogen and oxygen atoms in total. The molecule has 0 saturated carbocycles. The molecule has 0 saturated heterocycles. The summed E-state index contributed by atoms with van der Waals surface area (Å²) in [5, 5.41) is 2.71. The van der Waals surface area contributed by atoms with E-state index in [9.17, 15) is 14.4 Å². The fraction of sp³-hybridized carbons (Fsp3) is 0.609. The number of rotatable bonds is 15. The van der Waals surface area contributed by atoms with Crippen LogP contribution in [0.25, 0.3) is 0 Å². The summed E-state index contributed by atoms with van der Waals surface area (Å²) in [6.07, 6.45) is 10.5. The summed E-state index contributed by atoms with van der Waals surface area (Å²) < 4.78 is 4.98. The highest BCUT2D eigenvalue weighted by molar-refractivity contribution is 6.13. The first-order valence-electron chi connectivity index (χ1n) is 10.8. The fourth-order valence-corrected chi connectivity index (χ4v) is 3.15. The number of esters is 1. The van der Waals surface area contributed by atoms with E-state index in [0.29, 0.717) is 12.2 Å². The maximum Gasteiger partial charge on any atom is 0.303 e. The predicted octanol–water partition coefficient (Wildman–Crippen LogP) is 4.42. The zero-order valence-corrected chi connectivity index (χ0v) is 17.9. The van der Waals surface area contributed by atoms with Crippen LogP contribution in [-0.2, 0) is 14.3 Å². The van der Waals surface area contributed by atoms with Crippen LogP contribution in [0.5, 0.6) is 0 Å². The van der Waals surface area contributed by atoms with Crippen LogP contribution >= 0.6 is 0 Å². The number of Topliss-reactive ketones (excluding diaryl/α,β-unsaturated/α-hetero) is 1. The Kier molecular flexibility index (Phi) is 12.4.